The number of aliphatic hydroxyl groups excluding tert-OH is 1. The van der Waals surface area contributed by atoms with Crippen LogP contribution in [0.15, 0.2) is 24.3 Å². The van der Waals surface area contributed by atoms with Crippen LogP contribution in [0, 0.1) is 5.92 Å². The Morgan fingerprint density at radius 1 is 1.17 bits per heavy atom. The van der Waals surface area contributed by atoms with Gasteiger partial charge in [0.25, 0.3) is 0 Å². The number of nitrogens with zero attached hydrogens (tertiary/aromatic N) is 3. The molecule has 0 amide bonds. The van der Waals surface area contributed by atoms with E-state index in [4.69, 9.17) is 4.98 Å². The Balaban J connectivity index is 1.85. The fraction of sp³-hybridized carbons (Fsp3) is 0.565. The summed E-state index contributed by atoms with van der Waals surface area (Å²) >= 11 is 0. The van der Waals surface area contributed by atoms with Crippen molar-refractivity contribution in [3.63, 3.8) is 0 Å². The van der Waals surface area contributed by atoms with Crippen molar-refractivity contribution in [2.75, 3.05) is 23.4 Å². The average molecular weight is 399 g/mol. The van der Waals surface area contributed by atoms with E-state index in [-0.39, 0.29) is 18.6 Å². The van der Waals surface area contributed by atoms with Crippen molar-refractivity contribution >= 4 is 11.8 Å². The molecule has 29 heavy (non-hydrogen) atoms. The van der Waals surface area contributed by atoms with E-state index in [9.17, 15) is 10.2 Å². The van der Waals surface area contributed by atoms with Gasteiger partial charge in [0.2, 0.25) is 5.95 Å². The molecule has 1 aromatic heterocycles. The van der Waals surface area contributed by atoms with Crippen molar-refractivity contribution in [1.29, 1.82) is 0 Å². The van der Waals surface area contributed by atoms with Crippen LogP contribution in [0.25, 0.3) is 0 Å². The van der Waals surface area contributed by atoms with Crippen LogP contribution in [-0.2, 0) is 25.0 Å². The second-order valence-corrected chi connectivity index (χ2v) is 8.79. The van der Waals surface area contributed by atoms with Crippen LogP contribution in [0.1, 0.15) is 57.0 Å². The number of aliphatic hydroxyl groups is 2. The lowest BCUT2D eigenvalue weighted by atomic mass is 9.91. The zero-order chi connectivity index (χ0) is 21.2. The lowest BCUT2D eigenvalue weighted by Gasteiger charge is -2.31. The molecule has 0 bridgehead atoms. The highest BCUT2D eigenvalue weighted by atomic mass is 16.3. The maximum Gasteiger partial charge on any atom is 0.225 e. The number of hydrogen-bond donors (Lipinski definition) is 3. The van der Waals surface area contributed by atoms with Gasteiger partial charge in [-0.1, -0.05) is 39.0 Å². The highest BCUT2D eigenvalue weighted by Crippen LogP contribution is 2.28. The monoisotopic (exact) mass is 398 g/mol. The molecule has 0 spiro atoms. The van der Waals surface area contributed by atoms with Gasteiger partial charge >= 0.3 is 0 Å². The zero-order valence-electron chi connectivity index (χ0n) is 18.2. The Bertz CT molecular complexity index is 845. The number of fused-ring (bicyclic) bond motifs is 1. The van der Waals surface area contributed by atoms with Crippen LogP contribution in [-0.4, -0.2) is 39.4 Å². The third-order valence-electron chi connectivity index (χ3n) is 5.69. The minimum atomic E-state index is -0.824. The van der Waals surface area contributed by atoms with Gasteiger partial charge in [0.1, 0.15) is 5.82 Å². The molecule has 158 valence electrons. The minimum absolute atomic E-state index is 0.0489. The van der Waals surface area contributed by atoms with Gasteiger partial charge in [-0.25, -0.2) is 4.98 Å². The van der Waals surface area contributed by atoms with E-state index in [2.05, 4.69) is 54.2 Å². The summed E-state index contributed by atoms with van der Waals surface area (Å²) in [6, 6.07) is 8.26. The van der Waals surface area contributed by atoms with Crippen LogP contribution in [0.2, 0.25) is 0 Å². The van der Waals surface area contributed by atoms with E-state index in [1.54, 1.807) is 0 Å². The van der Waals surface area contributed by atoms with Gasteiger partial charge in [-0.15, -0.1) is 0 Å². The van der Waals surface area contributed by atoms with Gasteiger partial charge in [-0.3, -0.25) is 0 Å². The SMILES string of the molecule is CCc1cc(N2CCc3cc(C(C)(C)O)ccc3C2)nc(N[C@@H](CO)C(C)C)n1. The Hall–Kier alpha value is -2.18. The molecular formula is C23H34N4O2. The van der Waals surface area contributed by atoms with Crippen LogP contribution in [0.4, 0.5) is 11.8 Å². The molecule has 0 saturated heterocycles. The molecule has 0 unspecified atom stereocenters. The predicted octanol–water partition coefficient (Wildman–Crippen LogP) is 3.26. The lowest BCUT2D eigenvalue weighted by molar-refractivity contribution is 0.0785. The molecule has 1 atom stereocenters. The third-order valence-corrected chi connectivity index (χ3v) is 5.69. The van der Waals surface area contributed by atoms with E-state index in [0.29, 0.717) is 5.95 Å². The number of hydrogen-bond acceptors (Lipinski definition) is 6. The summed E-state index contributed by atoms with van der Waals surface area (Å²) in [6.45, 7) is 11.6. The number of benzene rings is 1. The summed E-state index contributed by atoms with van der Waals surface area (Å²) in [5.74, 6) is 1.77. The van der Waals surface area contributed by atoms with E-state index in [1.165, 1.54) is 11.1 Å². The summed E-state index contributed by atoms with van der Waals surface area (Å²) in [4.78, 5) is 11.6. The molecule has 1 aliphatic rings. The molecule has 2 heterocycles. The third kappa shape index (κ3) is 5.06. The molecule has 1 aromatic carbocycles. The molecule has 0 radical (unpaired) electrons. The Labute approximate surface area is 174 Å². The van der Waals surface area contributed by atoms with Gasteiger partial charge in [-0.2, -0.15) is 4.98 Å². The molecule has 1 aliphatic heterocycles. The van der Waals surface area contributed by atoms with Crippen LogP contribution in [0.5, 0.6) is 0 Å². The van der Waals surface area contributed by atoms with Crippen molar-refractivity contribution in [1.82, 2.24) is 9.97 Å². The summed E-state index contributed by atoms with van der Waals surface area (Å²) < 4.78 is 0. The number of aryl methyl sites for hydroxylation is 1. The van der Waals surface area contributed by atoms with Gasteiger partial charge < -0.3 is 20.4 Å². The summed E-state index contributed by atoms with van der Waals surface area (Å²) in [5, 5.41) is 23.2. The first-order chi connectivity index (χ1) is 13.7. The first-order valence-corrected chi connectivity index (χ1v) is 10.6. The van der Waals surface area contributed by atoms with Crippen LogP contribution in [0.3, 0.4) is 0 Å². The molecule has 6 nitrogen and oxygen atoms in total. The smallest absolute Gasteiger partial charge is 0.225 e. The predicted molar refractivity (Wildman–Crippen MR) is 117 cm³/mol. The Morgan fingerprint density at radius 3 is 2.55 bits per heavy atom. The molecular weight excluding hydrogens is 364 g/mol. The van der Waals surface area contributed by atoms with Crippen LogP contribution < -0.4 is 10.2 Å². The average Bonchev–Trinajstić information content (AvgIpc) is 2.70. The summed E-state index contributed by atoms with van der Waals surface area (Å²) in [5.41, 5.74) is 3.68. The van der Waals surface area contributed by atoms with Gasteiger partial charge in [-0.05, 0) is 49.3 Å². The quantitative estimate of drug-likeness (QED) is 0.664. The van der Waals surface area contributed by atoms with Crippen molar-refractivity contribution in [2.45, 2.75) is 65.6 Å². The van der Waals surface area contributed by atoms with Gasteiger partial charge in [0, 0.05) is 24.8 Å². The molecule has 3 N–H and O–H groups in total. The number of nitrogens with one attached hydrogen (secondary N) is 1. The van der Waals surface area contributed by atoms with Crippen molar-refractivity contribution in [3.05, 3.63) is 46.6 Å². The van der Waals surface area contributed by atoms with E-state index >= 15 is 0 Å². The summed E-state index contributed by atoms with van der Waals surface area (Å²) in [6.07, 6.45) is 1.74. The van der Waals surface area contributed by atoms with E-state index in [1.807, 2.05) is 19.9 Å². The summed E-state index contributed by atoms with van der Waals surface area (Å²) in [7, 11) is 0. The van der Waals surface area contributed by atoms with Crippen molar-refractivity contribution in [3.8, 4) is 0 Å². The normalized spacial score (nSPS) is 15.4. The molecule has 0 saturated carbocycles. The lowest BCUT2D eigenvalue weighted by Crippen LogP contribution is -2.33. The maximum absolute atomic E-state index is 10.3. The van der Waals surface area contributed by atoms with E-state index in [0.717, 1.165) is 43.0 Å². The number of rotatable bonds is 7. The van der Waals surface area contributed by atoms with Crippen molar-refractivity contribution in [2.24, 2.45) is 5.92 Å². The first kappa shape index (κ1) is 21.5. The topological polar surface area (TPSA) is 81.5 Å². The Kier molecular flexibility index (Phi) is 6.44. The fourth-order valence-electron chi connectivity index (χ4n) is 3.61. The molecule has 0 aliphatic carbocycles. The standard InChI is InChI=1S/C23H34N4O2/c1-6-19-12-21(26-22(24-19)25-20(14-28)15(2)3)27-10-9-16-11-18(23(4,5)29)8-7-17(16)13-27/h7-8,11-12,15,20,28-29H,6,9-10,13-14H2,1-5H3,(H,24,25,26)/t20-/m0/s1. The second-order valence-electron chi connectivity index (χ2n) is 8.79. The second kappa shape index (κ2) is 8.67. The highest BCUT2D eigenvalue weighted by Gasteiger charge is 2.23. The highest BCUT2D eigenvalue weighted by molar-refractivity contribution is 5.49. The van der Waals surface area contributed by atoms with Crippen LogP contribution >= 0.6 is 0 Å². The van der Waals surface area contributed by atoms with Gasteiger partial charge in [0.15, 0.2) is 0 Å². The largest absolute Gasteiger partial charge is 0.394 e. The van der Waals surface area contributed by atoms with Crippen molar-refractivity contribution < 1.29 is 10.2 Å². The minimum Gasteiger partial charge on any atom is -0.394 e. The maximum atomic E-state index is 10.3. The Morgan fingerprint density at radius 2 is 1.93 bits per heavy atom. The van der Waals surface area contributed by atoms with E-state index < -0.39 is 5.60 Å². The van der Waals surface area contributed by atoms with Gasteiger partial charge in [0.05, 0.1) is 18.2 Å². The zero-order valence-corrected chi connectivity index (χ0v) is 18.2. The number of anilines is 2. The molecule has 0 fully saturated rings. The fourth-order valence-corrected chi connectivity index (χ4v) is 3.61. The molecule has 3 rings (SSSR count). The molecule has 2 aromatic rings. The first-order valence-electron chi connectivity index (χ1n) is 10.6. The molecule has 6 heteroatoms. The number of aromatic nitrogens is 2.